The van der Waals surface area contributed by atoms with Crippen LogP contribution in [0.15, 0.2) is 64.2 Å². The van der Waals surface area contributed by atoms with E-state index in [1.54, 1.807) is 30.4 Å². The number of rotatable bonds is 2. The van der Waals surface area contributed by atoms with Crippen LogP contribution in [0.5, 0.6) is 0 Å². The van der Waals surface area contributed by atoms with Gasteiger partial charge in [-0.05, 0) is 29.3 Å². The Hall–Kier alpha value is -3.34. The third kappa shape index (κ3) is 3.29. The highest BCUT2D eigenvalue weighted by atomic mass is 16.1. The smallest absolute Gasteiger partial charge is 0.272 e. The molecule has 0 radical (unpaired) electrons. The molecule has 0 spiro atoms. The first kappa shape index (κ1) is 14.6. The van der Waals surface area contributed by atoms with Crippen LogP contribution in [0.2, 0.25) is 0 Å². The lowest BCUT2D eigenvalue weighted by molar-refractivity contribution is 1.00. The van der Waals surface area contributed by atoms with E-state index < -0.39 is 0 Å². The predicted molar refractivity (Wildman–Crippen MR) is 91.4 cm³/mol. The summed E-state index contributed by atoms with van der Waals surface area (Å²) >= 11 is 0. The van der Waals surface area contributed by atoms with Crippen LogP contribution in [0.1, 0.15) is 11.1 Å². The molecule has 4 N–H and O–H groups in total. The minimum absolute atomic E-state index is 0.165. The van der Waals surface area contributed by atoms with Gasteiger partial charge in [-0.25, -0.2) is 0 Å². The molecule has 23 heavy (non-hydrogen) atoms. The molecule has 114 valence electrons. The summed E-state index contributed by atoms with van der Waals surface area (Å²) in [6.07, 6.45) is 3.18. The van der Waals surface area contributed by atoms with Gasteiger partial charge in [0.15, 0.2) is 0 Å². The molecule has 0 bridgehead atoms. The van der Waals surface area contributed by atoms with Crippen molar-refractivity contribution in [3.63, 3.8) is 0 Å². The van der Waals surface area contributed by atoms with Gasteiger partial charge in [-0.3, -0.25) is 9.59 Å². The van der Waals surface area contributed by atoms with Crippen LogP contribution in [0.4, 0.5) is 5.69 Å². The maximum Gasteiger partial charge on any atom is 0.272 e. The summed E-state index contributed by atoms with van der Waals surface area (Å²) in [4.78, 5) is 29.5. The van der Waals surface area contributed by atoms with Crippen molar-refractivity contribution in [2.45, 2.75) is 0 Å². The van der Waals surface area contributed by atoms with Crippen molar-refractivity contribution in [1.82, 2.24) is 9.97 Å². The summed E-state index contributed by atoms with van der Waals surface area (Å²) in [5.74, 6) is 0. The Labute approximate surface area is 131 Å². The number of benzene rings is 2. The second-order valence-electron chi connectivity index (χ2n) is 5.06. The van der Waals surface area contributed by atoms with E-state index in [0.29, 0.717) is 11.3 Å². The number of nitrogens with one attached hydrogen (secondary N) is 2. The predicted octanol–water partition coefficient (Wildman–Crippen LogP) is 0.303. The second-order valence-corrected chi connectivity index (χ2v) is 5.06. The number of aromatic amines is 2. The van der Waals surface area contributed by atoms with Gasteiger partial charge in [-0.15, -0.1) is 0 Å². The number of aromatic nitrogens is 2. The highest BCUT2D eigenvalue weighted by molar-refractivity contribution is 5.63. The van der Waals surface area contributed by atoms with Crippen molar-refractivity contribution in [1.29, 1.82) is 0 Å². The van der Waals surface area contributed by atoms with Crippen molar-refractivity contribution in [3.8, 4) is 0 Å². The lowest BCUT2D eigenvalue weighted by atomic mass is 10.1. The van der Waals surface area contributed by atoms with Gasteiger partial charge in [-0.1, -0.05) is 48.5 Å². The quantitative estimate of drug-likeness (QED) is 0.595. The first-order chi connectivity index (χ1) is 11.1. The van der Waals surface area contributed by atoms with Crippen molar-refractivity contribution in [3.05, 3.63) is 97.1 Å². The summed E-state index contributed by atoms with van der Waals surface area (Å²) in [6.45, 7) is 0. The SMILES string of the molecule is Nc1ccccc1/C=c1\[nH]c(=O)/c(=C/c2ccccc2)[nH]c1=O. The van der Waals surface area contributed by atoms with Gasteiger partial charge in [0.05, 0.1) is 0 Å². The minimum atomic E-state index is -0.380. The van der Waals surface area contributed by atoms with Gasteiger partial charge >= 0.3 is 0 Å². The third-order valence-electron chi connectivity index (χ3n) is 3.39. The van der Waals surface area contributed by atoms with E-state index in [4.69, 9.17) is 5.73 Å². The zero-order chi connectivity index (χ0) is 16.2. The van der Waals surface area contributed by atoms with E-state index in [9.17, 15) is 9.59 Å². The van der Waals surface area contributed by atoms with Crippen molar-refractivity contribution < 1.29 is 0 Å². The average Bonchev–Trinajstić information content (AvgIpc) is 2.55. The molecule has 0 amide bonds. The number of hydrogen-bond donors (Lipinski definition) is 3. The molecule has 3 aromatic rings. The molecule has 3 rings (SSSR count). The minimum Gasteiger partial charge on any atom is -0.398 e. The molecule has 0 atom stereocenters. The number of para-hydroxylation sites is 1. The van der Waals surface area contributed by atoms with E-state index in [2.05, 4.69) is 9.97 Å². The van der Waals surface area contributed by atoms with Gasteiger partial charge in [0.25, 0.3) is 11.1 Å². The normalized spacial score (nSPS) is 12.5. The Morgan fingerprint density at radius 1 is 0.739 bits per heavy atom. The molecule has 1 aromatic heterocycles. The summed E-state index contributed by atoms with van der Waals surface area (Å²) in [5.41, 5.74) is 7.14. The first-order valence-electron chi connectivity index (χ1n) is 7.09. The van der Waals surface area contributed by atoms with Crippen LogP contribution in [0.3, 0.4) is 0 Å². The van der Waals surface area contributed by atoms with E-state index in [1.165, 1.54) is 0 Å². The fourth-order valence-electron chi connectivity index (χ4n) is 2.21. The number of nitrogens with two attached hydrogens (primary N) is 1. The van der Waals surface area contributed by atoms with Crippen LogP contribution in [0.25, 0.3) is 12.2 Å². The molecule has 5 nitrogen and oxygen atoms in total. The maximum atomic E-state index is 12.2. The van der Waals surface area contributed by atoms with E-state index >= 15 is 0 Å². The van der Waals surface area contributed by atoms with Gasteiger partial charge < -0.3 is 15.7 Å². The van der Waals surface area contributed by atoms with Gasteiger partial charge in [-0.2, -0.15) is 0 Å². The fourth-order valence-corrected chi connectivity index (χ4v) is 2.21. The highest BCUT2D eigenvalue weighted by Gasteiger charge is 1.98. The molecule has 0 saturated heterocycles. The van der Waals surface area contributed by atoms with Crippen LogP contribution >= 0.6 is 0 Å². The molecule has 0 fully saturated rings. The largest absolute Gasteiger partial charge is 0.398 e. The molecular formula is C18H15N3O2. The Bertz CT molecular complexity index is 1060. The summed E-state index contributed by atoms with van der Waals surface area (Å²) < 4.78 is 0. The molecule has 0 unspecified atom stereocenters. The standard InChI is InChI=1S/C18H15N3O2/c19-14-9-5-4-8-13(14)11-16-18(23)20-15(17(22)21-16)10-12-6-2-1-3-7-12/h1-11H,19H2,(H,20,23)(H,21,22)/b15-10-,16-11-. The van der Waals surface area contributed by atoms with Crippen molar-refractivity contribution in [2.75, 3.05) is 5.73 Å². The fraction of sp³-hybridized carbons (Fsp3) is 0. The topological polar surface area (TPSA) is 91.7 Å². The highest BCUT2D eigenvalue weighted by Crippen LogP contribution is 2.09. The van der Waals surface area contributed by atoms with Gasteiger partial charge in [0.2, 0.25) is 0 Å². The number of hydrogen-bond acceptors (Lipinski definition) is 3. The zero-order valence-corrected chi connectivity index (χ0v) is 12.2. The molecule has 1 heterocycles. The Kier molecular flexibility index (Phi) is 3.93. The van der Waals surface area contributed by atoms with E-state index in [0.717, 1.165) is 5.56 Å². The molecule has 5 heteroatoms. The number of nitrogen functional groups attached to an aromatic ring is 1. The van der Waals surface area contributed by atoms with E-state index in [-0.39, 0.29) is 21.8 Å². The van der Waals surface area contributed by atoms with Crippen LogP contribution < -0.4 is 27.6 Å². The molecule has 2 aromatic carbocycles. The summed E-state index contributed by atoms with van der Waals surface area (Å²) in [7, 11) is 0. The van der Waals surface area contributed by atoms with Gasteiger partial charge in [0, 0.05) is 5.69 Å². The second kappa shape index (κ2) is 6.19. The zero-order valence-electron chi connectivity index (χ0n) is 12.2. The molecule has 0 aliphatic heterocycles. The summed E-state index contributed by atoms with van der Waals surface area (Å²) in [6, 6.07) is 16.4. The van der Waals surface area contributed by atoms with Crippen LogP contribution in [-0.2, 0) is 0 Å². The average molecular weight is 305 g/mol. The lowest BCUT2D eigenvalue weighted by Crippen LogP contribution is -2.46. The molecule has 0 saturated carbocycles. The van der Waals surface area contributed by atoms with Gasteiger partial charge in [0.1, 0.15) is 10.7 Å². The Morgan fingerprint density at radius 3 is 1.96 bits per heavy atom. The Morgan fingerprint density at radius 2 is 1.30 bits per heavy atom. The number of H-pyrrole nitrogens is 2. The van der Waals surface area contributed by atoms with Crippen molar-refractivity contribution >= 4 is 17.8 Å². The Balaban J connectivity index is 2.16. The maximum absolute atomic E-state index is 12.2. The lowest BCUT2D eigenvalue weighted by Gasteiger charge is -1.98. The van der Waals surface area contributed by atoms with E-state index in [1.807, 2.05) is 36.4 Å². The molecule has 0 aliphatic rings. The third-order valence-corrected chi connectivity index (χ3v) is 3.39. The van der Waals surface area contributed by atoms with Crippen molar-refractivity contribution in [2.24, 2.45) is 0 Å². The van der Waals surface area contributed by atoms with Crippen LogP contribution in [0, 0.1) is 0 Å². The molecular weight excluding hydrogens is 290 g/mol. The monoisotopic (exact) mass is 305 g/mol. The first-order valence-corrected chi connectivity index (χ1v) is 7.09. The molecule has 0 aliphatic carbocycles. The summed E-state index contributed by atoms with van der Waals surface area (Å²) in [5, 5.41) is 0.373. The number of anilines is 1. The van der Waals surface area contributed by atoms with Crippen LogP contribution in [-0.4, -0.2) is 9.97 Å².